The van der Waals surface area contributed by atoms with Crippen LogP contribution in [0.25, 0.3) is 0 Å². The summed E-state index contributed by atoms with van der Waals surface area (Å²) in [7, 11) is 0. The molecule has 0 atom stereocenters. The zero-order valence-corrected chi connectivity index (χ0v) is 13.9. The second-order valence-electron chi connectivity index (χ2n) is 8.00. The van der Waals surface area contributed by atoms with E-state index in [2.05, 4.69) is 26.1 Å². The van der Waals surface area contributed by atoms with E-state index in [0.29, 0.717) is 11.3 Å². The van der Waals surface area contributed by atoms with Crippen molar-refractivity contribution in [3.63, 3.8) is 0 Å². The Morgan fingerprint density at radius 2 is 1.55 bits per heavy atom. The number of carbonyl (C=O) groups excluding carboxylic acids is 2. The van der Waals surface area contributed by atoms with Gasteiger partial charge in [0.05, 0.1) is 0 Å². The molecule has 1 aliphatic heterocycles. The lowest BCUT2D eigenvalue weighted by atomic mass is 9.75. The van der Waals surface area contributed by atoms with Crippen molar-refractivity contribution in [3.05, 3.63) is 0 Å². The molecule has 1 heterocycles. The molecular formula is C16H30N2O2. The van der Waals surface area contributed by atoms with E-state index in [1.165, 1.54) is 0 Å². The van der Waals surface area contributed by atoms with E-state index in [1.54, 1.807) is 0 Å². The highest BCUT2D eigenvalue weighted by Gasteiger charge is 2.31. The number of piperidine rings is 1. The van der Waals surface area contributed by atoms with Crippen molar-refractivity contribution in [2.75, 3.05) is 13.1 Å². The summed E-state index contributed by atoms with van der Waals surface area (Å²) in [6.45, 7) is 14.1. The van der Waals surface area contributed by atoms with Crippen molar-refractivity contribution in [3.8, 4) is 0 Å². The Kier molecular flexibility index (Phi) is 5.22. The molecule has 0 radical (unpaired) electrons. The second kappa shape index (κ2) is 6.15. The zero-order chi connectivity index (χ0) is 15.6. The highest BCUT2D eigenvalue weighted by atomic mass is 16.2. The fraction of sp³-hybridized carbons (Fsp3) is 0.875. The van der Waals surface area contributed by atoms with Crippen LogP contribution >= 0.6 is 0 Å². The lowest BCUT2D eigenvalue weighted by Gasteiger charge is -2.38. The van der Waals surface area contributed by atoms with Gasteiger partial charge in [-0.25, -0.2) is 0 Å². The summed E-state index contributed by atoms with van der Waals surface area (Å²) in [6.07, 6.45) is 2.05. The predicted molar refractivity (Wildman–Crippen MR) is 81.3 cm³/mol. The van der Waals surface area contributed by atoms with E-state index in [-0.39, 0.29) is 23.8 Å². The molecule has 0 bridgehead atoms. The molecule has 4 heteroatoms. The first-order chi connectivity index (χ1) is 8.99. The topological polar surface area (TPSA) is 49.4 Å². The minimum Gasteiger partial charge on any atom is -0.351 e. The fourth-order valence-electron chi connectivity index (χ4n) is 2.71. The van der Waals surface area contributed by atoms with Crippen molar-refractivity contribution in [2.45, 2.75) is 66.3 Å². The monoisotopic (exact) mass is 282 g/mol. The SMILES string of the molecule is CC(C)(C)NC(=O)CC(=O)N1CCC(C(C)(C)C)CC1. The molecule has 4 nitrogen and oxygen atoms in total. The summed E-state index contributed by atoms with van der Waals surface area (Å²) in [5.74, 6) is 0.439. The summed E-state index contributed by atoms with van der Waals surface area (Å²) < 4.78 is 0. The van der Waals surface area contributed by atoms with Gasteiger partial charge >= 0.3 is 0 Å². The number of rotatable bonds is 2. The Morgan fingerprint density at radius 3 is 1.95 bits per heavy atom. The van der Waals surface area contributed by atoms with Gasteiger partial charge in [0, 0.05) is 18.6 Å². The van der Waals surface area contributed by atoms with Gasteiger partial charge in [0.15, 0.2) is 0 Å². The van der Waals surface area contributed by atoms with E-state index in [0.717, 1.165) is 25.9 Å². The fourth-order valence-corrected chi connectivity index (χ4v) is 2.71. The molecule has 1 aliphatic rings. The first-order valence-electron chi connectivity index (χ1n) is 7.58. The van der Waals surface area contributed by atoms with E-state index >= 15 is 0 Å². The summed E-state index contributed by atoms with van der Waals surface area (Å²) >= 11 is 0. The zero-order valence-electron chi connectivity index (χ0n) is 13.9. The van der Waals surface area contributed by atoms with Gasteiger partial charge in [-0.2, -0.15) is 0 Å². The van der Waals surface area contributed by atoms with Gasteiger partial charge in [-0.15, -0.1) is 0 Å². The standard InChI is InChI=1S/C16H30N2O2/c1-15(2,3)12-7-9-18(10-8-12)14(20)11-13(19)17-16(4,5)6/h12H,7-11H2,1-6H3,(H,17,19). The second-order valence-corrected chi connectivity index (χ2v) is 8.00. The quantitative estimate of drug-likeness (QED) is 0.791. The Hall–Kier alpha value is -1.06. The molecule has 0 saturated carbocycles. The molecule has 1 saturated heterocycles. The van der Waals surface area contributed by atoms with Gasteiger partial charge in [0.1, 0.15) is 6.42 Å². The maximum atomic E-state index is 12.1. The number of amides is 2. The van der Waals surface area contributed by atoms with Crippen LogP contribution in [0.2, 0.25) is 0 Å². The minimum atomic E-state index is -0.281. The molecule has 0 spiro atoms. The first-order valence-corrected chi connectivity index (χ1v) is 7.58. The summed E-state index contributed by atoms with van der Waals surface area (Å²) in [5.41, 5.74) is 0.0232. The van der Waals surface area contributed by atoms with Crippen molar-refractivity contribution in [2.24, 2.45) is 11.3 Å². The average molecular weight is 282 g/mol. The normalized spacial score (nSPS) is 18.0. The average Bonchev–Trinajstić information content (AvgIpc) is 2.25. The van der Waals surface area contributed by atoms with Crippen LogP contribution in [-0.4, -0.2) is 35.3 Å². The molecule has 20 heavy (non-hydrogen) atoms. The Labute approximate surface area is 123 Å². The van der Waals surface area contributed by atoms with Crippen LogP contribution in [0.15, 0.2) is 0 Å². The first kappa shape index (κ1) is 17.0. The molecule has 0 aromatic heterocycles. The molecule has 0 aromatic carbocycles. The Bertz CT molecular complexity index is 356. The molecular weight excluding hydrogens is 252 g/mol. The molecule has 116 valence electrons. The highest BCUT2D eigenvalue weighted by molar-refractivity contribution is 5.97. The third-order valence-corrected chi connectivity index (χ3v) is 3.90. The summed E-state index contributed by atoms with van der Waals surface area (Å²) in [6, 6.07) is 0. The van der Waals surface area contributed by atoms with Crippen LogP contribution in [0.4, 0.5) is 0 Å². The van der Waals surface area contributed by atoms with Gasteiger partial charge in [-0.3, -0.25) is 9.59 Å². The van der Waals surface area contributed by atoms with Gasteiger partial charge in [0.25, 0.3) is 0 Å². The van der Waals surface area contributed by atoms with Crippen molar-refractivity contribution in [1.82, 2.24) is 10.2 Å². The molecule has 1 rings (SSSR count). The van der Waals surface area contributed by atoms with Gasteiger partial charge in [-0.1, -0.05) is 20.8 Å². The minimum absolute atomic E-state index is 0.0303. The number of hydrogen-bond acceptors (Lipinski definition) is 2. The predicted octanol–water partition coefficient (Wildman–Crippen LogP) is 2.58. The number of hydrogen-bond donors (Lipinski definition) is 1. The highest BCUT2D eigenvalue weighted by Crippen LogP contribution is 2.34. The van der Waals surface area contributed by atoms with Crippen LogP contribution in [0.3, 0.4) is 0 Å². The maximum Gasteiger partial charge on any atom is 0.232 e. The van der Waals surface area contributed by atoms with Crippen LogP contribution in [-0.2, 0) is 9.59 Å². The van der Waals surface area contributed by atoms with E-state index < -0.39 is 0 Å². The van der Waals surface area contributed by atoms with E-state index in [9.17, 15) is 9.59 Å². The summed E-state index contributed by atoms with van der Waals surface area (Å²) in [5, 5.41) is 2.84. The number of nitrogens with zero attached hydrogens (tertiary/aromatic N) is 1. The van der Waals surface area contributed by atoms with Crippen LogP contribution < -0.4 is 5.32 Å². The third-order valence-electron chi connectivity index (χ3n) is 3.90. The molecule has 0 aliphatic carbocycles. The smallest absolute Gasteiger partial charge is 0.232 e. The summed E-state index contributed by atoms with van der Waals surface area (Å²) in [4.78, 5) is 25.7. The Balaban J connectivity index is 2.42. The maximum absolute atomic E-state index is 12.1. The molecule has 0 unspecified atom stereocenters. The largest absolute Gasteiger partial charge is 0.351 e. The molecule has 0 aromatic rings. The van der Waals surface area contributed by atoms with Crippen LogP contribution in [0.1, 0.15) is 60.8 Å². The van der Waals surface area contributed by atoms with Crippen molar-refractivity contribution < 1.29 is 9.59 Å². The van der Waals surface area contributed by atoms with Crippen molar-refractivity contribution >= 4 is 11.8 Å². The molecule has 1 N–H and O–H groups in total. The van der Waals surface area contributed by atoms with Gasteiger partial charge in [0.2, 0.25) is 11.8 Å². The number of nitrogens with one attached hydrogen (secondary N) is 1. The third kappa shape index (κ3) is 5.51. The van der Waals surface area contributed by atoms with Crippen LogP contribution in [0.5, 0.6) is 0 Å². The van der Waals surface area contributed by atoms with Gasteiger partial charge < -0.3 is 10.2 Å². The molecule has 2 amide bonds. The van der Waals surface area contributed by atoms with E-state index in [4.69, 9.17) is 0 Å². The Morgan fingerprint density at radius 1 is 1.05 bits per heavy atom. The van der Waals surface area contributed by atoms with Crippen LogP contribution in [0, 0.1) is 11.3 Å². The molecule has 1 fully saturated rings. The van der Waals surface area contributed by atoms with Gasteiger partial charge in [-0.05, 0) is 44.9 Å². The number of carbonyl (C=O) groups is 2. The number of likely N-dealkylation sites (tertiary alicyclic amines) is 1. The van der Waals surface area contributed by atoms with E-state index in [1.807, 2.05) is 25.7 Å². The lowest BCUT2D eigenvalue weighted by Crippen LogP contribution is -2.45. The van der Waals surface area contributed by atoms with Crippen molar-refractivity contribution in [1.29, 1.82) is 0 Å². The lowest BCUT2D eigenvalue weighted by molar-refractivity contribution is -0.138.